The molecule has 0 unspecified atom stereocenters. The minimum absolute atomic E-state index is 0.192. The summed E-state index contributed by atoms with van der Waals surface area (Å²) in [5.74, 6) is -4.42. The van der Waals surface area contributed by atoms with E-state index in [1.165, 1.54) is 0 Å². The molecule has 23 heavy (non-hydrogen) atoms. The lowest BCUT2D eigenvalue weighted by atomic mass is 10.2. The van der Waals surface area contributed by atoms with E-state index in [4.69, 9.17) is 4.74 Å². The van der Waals surface area contributed by atoms with Crippen LogP contribution in [0.15, 0.2) is 36.4 Å². The maximum absolute atomic E-state index is 13.5. The van der Waals surface area contributed by atoms with Crippen molar-refractivity contribution in [2.45, 2.75) is 6.92 Å². The number of carbonyl (C=O) groups is 1. The zero-order valence-corrected chi connectivity index (χ0v) is 12.3. The first kappa shape index (κ1) is 16.7. The second-order valence-corrected chi connectivity index (χ2v) is 4.55. The predicted octanol–water partition coefficient (Wildman–Crippen LogP) is 3.55. The first-order chi connectivity index (χ1) is 11.0. The fraction of sp³-hybridized carbons (Fsp3) is 0.188. The monoisotopic (exact) mass is 324 g/mol. The molecule has 2 aromatic rings. The largest absolute Gasteiger partial charge is 0.492 e. The van der Waals surface area contributed by atoms with Gasteiger partial charge >= 0.3 is 0 Å². The zero-order chi connectivity index (χ0) is 16.8. The Kier molecular flexibility index (Phi) is 5.46. The van der Waals surface area contributed by atoms with Crippen LogP contribution < -0.4 is 15.4 Å². The van der Waals surface area contributed by atoms with E-state index in [1.54, 1.807) is 24.3 Å². The topological polar surface area (TPSA) is 50.4 Å². The van der Waals surface area contributed by atoms with Gasteiger partial charge in [-0.2, -0.15) is 0 Å². The van der Waals surface area contributed by atoms with Crippen LogP contribution in [-0.2, 0) is 4.79 Å². The van der Waals surface area contributed by atoms with Gasteiger partial charge in [0.25, 0.3) is 0 Å². The summed E-state index contributed by atoms with van der Waals surface area (Å²) in [4.78, 5) is 11.8. The third kappa shape index (κ3) is 4.15. The molecule has 7 heteroatoms. The molecule has 2 rings (SSSR count). The summed E-state index contributed by atoms with van der Waals surface area (Å²) in [6.45, 7) is 2.10. The van der Waals surface area contributed by atoms with E-state index in [1.807, 2.05) is 6.92 Å². The Hall–Kier alpha value is -2.70. The number of benzene rings is 2. The van der Waals surface area contributed by atoms with E-state index in [0.717, 1.165) is 12.1 Å². The zero-order valence-electron chi connectivity index (χ0n) is 12.3. The van der Waals surface area contributed by atoms with E-state index in [0.29, 0.717) is 18.0 Å². The molecule has 0 atom stereocenters. The standard InChI is InChI=1S/C16H15F3N2O2/c1-2-23-13-6-4-3-5-11(13)20-9-14(22)21-12-8-7-10(17)15(18)16(12)19/h3-8,20H,2,9H2,1H3,(H,21,22). The van der Waals surface area contributed by atoms with Crippen LogP contribution in [0, 0.1) is 17.5 Å². The number of nitrogens with one attached hydrogen (secondary N) is 2. The molecule has 2 aromatic carbocycles. The van der Waals surface area contributed by atoms with Crippen LogP contribution in [0.2, 0.25) is 0 Å². The summed E-state index contributed by atoms with van der Waals surface area (Å²) >= 11 is 0. The molecule has 1 amide bonds. The average Bonchev–Trinajstić information content (AvgIpc) is 2.55. The molecule has 0 bridgehead atoms. The number of ether oxygens (including phenoxy) is 1. The highest BCUT2D eigenvalue weighted by Gasteiger charge is 2.15. The molecule has 4 nitrogen and oxygen atoms in total. The number of anilines is 2. The van der Waals surface area contributed by atoms with Gasteiger partial charge in [0, 0.05) is 0 Å². The lowest BCUT2D eigenvalue weighted by molar-refractivity contribution is -0.114. The van der Waals surface area contributed by atoms with Crippen molar-refractivity contribution in [3.05, 3.63) is 53.8 Å². The number of rotatable bonds is 6. The van der Waals surface area contributed by atoms with Gasteiger partial charge in [-0.15, -0.1) is 0 Å². The highest BCUT2D eigenvalue weighted by atomic mass is 19.2. The number of halogens is 3. The van der Waals surface area contributed by atoms with Gasteiger partial charge in [0.1, 0.15) is 5.75 Å². The lowest BCUT2D eigenvalue weighted by Gasteiger charge is -2.12. The van der Waals surface area contributed by atoms with Crippen LogP contribution in [0.5, 0.6) is 5.75 Å². The maximum Gasteiger partial charge on any atom is 0.243 e. The number of carbonyl (C=O) groups excluding carboxylic acids is 1. The summed E-state index contributed by atoms with van der Waals surface area (Å²) < 4.78 is 44.8. The highest BCUT2D eigenvalue weighted by Crippen LogP contribution is 2.23. The average molecular weight is 324 g/mol. The van der Waals surface area contributed by atoms with Crippen LogP contribution in [0.3, 0.4) is 0 Å². The fourth-order valence-electron chi connectivity index (χ4n) is 1.89. The molecule has 122 valence electrons. The first-order valence-corrected chi connectivity index (χ1v) is 6.92. The Labute approximate surface area is 131 Å². The van der Waals surface area contributed by atoms with Gasteiger partial charge in [-0.25, -0.2) is 13.2 Å². The summed E-state index contributed by atoms with van der Waals surface area (Å²) in [5.41, 5.74) is 0.170. The van der Waals surface area contributed by atoms with Crippen molar-refractivity contribution in [2.75, 3.05) is 23.8 Å². The van der Waals surface area contributed by atoms with Gasteiger partial charge in [0.2, 0.25) is 5.91 Å². The second-order valence-electron chi connectivity index (χ2n) is 4.55. The smallest absolute Gasteiger partial charge is 0.243 e. The Bertz CT molecular complexity index is 708. The van der Waals surface area contributed by atoms with E-state index < -0.39 is 29.0 Å². The minimum atomic E-state index is -1.63. The van der Waals surface area contributed by atoms with E-state index in [-0.39, 0.29) is 6.54 Å². The van der Waals surface area contributed by atoms with Crippen molar-refractivity contribution in [2.24, 2.45) is 0 Å². The molecular formula is C16H15F3N2O2. The third-order valence-electron chi connectivity index (χ3n) is 2.94. The quantitative estimate of drug-likeness (QED) is 0.799. The minimum Gasteiger partial charge on any atom is -0.492 e. The van der Waals surface area contributed by atoms with Crippen LogP contribution in [0.25, 0.3) is 0 Å². The number of amides is 1. The van der Waals surface area contributed by atoms with Crippen molar-refractivity contribution >= 4 is 17.3 Å². The summed E-state index contributed by atoms with van der Waals surface area (Å²) in [6.07, 6.45) is 0. The van der Waals surface area contributed by atoms with Crippen LogP contribution in [0.1, 0.15) is 6.92 Å². The van der Waals surface area contributed by atoms with Crippen molar-refractivity contribution in [1.82, 2.24) is 0 Å². The van der Waals surface area contributed by atoms with Crippen molar-refractivity contribution < 1.29 is 22.7 Å². The van der Waals surface area contributed by atoms with E-state index >= 15 is 0 Å². The molecule has 0 saturated carbocycles. The van der Waals surface area contributed by atoms with E-state index in [9.17, 15) is 18.0 Å². The number of hydrogen-bond acceptors (Lipinski definition) is 3. The molecule has 0 aliphatic rings. The predicted molar refractivity (Wildman–Crippen MR) is 81.0 cm³/mol. The SMILES string of the molecule is CCOc1ccccc1NCC(=O)Nc1ccc(F)c(F)c1F. The number of para-hydroxylation sites is 2. The van der Waals surface area contributed by atoms with Gasteiger partial charge < -0.3 is 15.4 Å². The second kappa shape index (κ2) is 7.53. The van der Waals surface area contributed by atoms with Crippen molar-refractivity contribution in [1.29, 1.82) is 0 Å². The normalized spacial score (nSPS) is 10.3. The van der Waals surface area contributed by atoms with Gasteiger partial charge in [0.15, 0.2) is 17.5 Å². The van der Waals surface area contributed by atoms with Crippen LogP contribution in [-0.4, -0.2) is 19.1 Å². The third-order valence-corrected chi connectivity index (χ3v) is 2.94. The van der Waals surface area contributed by atoms with E-state index in [2.05, 4.69) is 10.6 Å². The fourth-order valence-corrected chi connectivity index (χ4v) is 1.89. The van der Waals surface area contributed by atoms with Crippen LogP contribution >= 0.6 is 0 Å². The molecular weight excluding hydrogens is 309 g/mol. The Morgan fingerprint density at radius 2 is 1.78 bits per heavy atom. The molecule has 0 fully saturated rings. The molecule has 0 aliphatic carbocycles. The molecule has 0 heterocycles. The van der Waals surface area contributed by atoms with Gasteiger partial charge in [-0.3, -0.25) is 4.79 Å². The summed E-state index contributed by atoms with van der Waals surface area (Å²) in [6, 6.07) is 8.70. The molecule has 2 N–H and O–H groups in total. The Balaban J connectivity index is 2.00. The summed E-state index contributed by atoms with van der Waals surface area (Å²) in [7, 11) is 0. The Morgan fingerprint density at radius 1 is 1.04 bits per heavy atom. The van der Waals surface area contributed by atoms with Crippen LogP contribution in [0.4, 0.5) is 24.5 Å². The molecule has 0 aromatic heterocycles. The first-order valence-electron chi connectivity index (χ1n) is 6.92. The van der Waals surface area contributed by atoms with Gasteiger partial charge in [0.05, 0.1) is 24.5 Å². The maximum atomic E-state index is 13.5. The molecule has 0 spiro atoms. The van der Waals surface area contributed by atoms with Crippen molar-refractivity contribution in [3.63, 3.8) is 0 Å². The molecule has 0 saturated heterocycles. The lowest BCUT2D eigenvalue weighted by Crippen LogP contribution is -2.22. The molecule has 0 aliphatic heterocycles. The number of hydrogen-bond donors (Lipinski definition) is 2. The van der Waals surface area contributed by atoms with Gasteiger partial charge in [-0.1, -0.05) is 12.1 Å². The van der Waals surface area contributed by atoms with Gasteiger partial charge in [-0.05, 0) is 31.2 Å². The highest BCUT2D eigenvalue weighted by molar-refractivity contribution is 5.94. The summed E-state index contributed by atoms with van der Waals surface area (Å²) in [5, 5.41) is 5.01. The molecule has 0 radical (unpaired) electrons. The Morgan fingerprint density at radius 3 is 2.52 bits per heavy atom. The van der Waals surface area contributed by atoms with Crippen molar-refractivity contribution in [3.8, 4) is 5.75 Å².